The minimum atomic E-state index is -0.772. The van der Waals surface area contributed by atoms with Crippen molar-refractivity contribution in [3.8, 4) is 11.1 Å². The fraction of sp³-hybridized carbons (Fsp3) is 0.396. The van der Waals surface area contributed by atoms with Gasteiger partial charge in [0, 0.05) is 49.6 Å². The van der Waals surface area contributed by atoms with Crippen LogP contribution in [-0.4, -0.2) is 95.3 Å². The molecule has 5 atom stereocenters. The zero-order chi connectivity index (χ0) is 45.6. The molecule has 2 saturated heterocycles. The van der Waals surface area contributed by atoms with Gasteiger partial charge in [0.1, 0.15) is 17.9 Å². The number of aromatic nitrogens is 2. The molecular weight excluding hydrogens is 831 g/mol. The summed E-state index contributed by atoms with van der Waals surface area (Å²) >= 11 is 0. The van der Waals surface area contributed by atoms with E-state index < -0.39 is 18.2 Å². The number of likely N-dealkylation sites (tertiary alicyclic amines) is 2. The predicted octanol–water partition coefficient (Wildman–Crippen LogP) is 8.73. The Balaban J connectivity index is 0.886. The monoisotopic (exact) mass is 887 g/mol. The van der Waals surface area contributed by atoms with Crippen molar-refractivity contribution in [1.29, 1.82) is 0 Å². The predicted molar refractivity (Wildman–Crippen MR) is 255 cm³/mol. The van der Waals surface area contributed by atoms with Crippen molar-refractivity contribution in [1.82, 2.24) is 30.4 Å². The summed E-state index contributed by atoms with van der Waals surface area (Å²) in [6.45, 7) is 5.49. The molecule has 4 amide bonds. The average molecular weight is 888 g/mol. The summed E-state index contributed by atoms with van der Waals surface area (Å²) in [5.74, 6) is 0.452. The van der Waals surface area contributed by atoms with E-state index in [1.165, 1.54) is 7.11 Å². The number of alkyl carbamates (subject to hydrolysis) is 1. The maximum Gasteiger partial charge on any atom is 0.407 e. The summed E-state index contributed by atoms with van der Waals surface area (Å²) in [4.78, 5) is 71.5. The van der Waals surface area contributed by atoms with E-state index in [0.717, 1.165) is 111 Å². The first-order valence-corrected chi connectivity index (χ1v) is 23.4. The standard InChI is InChI=1S/C53H57N7O6/c1-30(2)46(58-53(64)66-4)51(62)59-23-9-14-44(59)49-55-42-22-18-37-26-35(16-20-39(37)48(42)56-49)34-15-19-38-36(25-34)17-21-41-40(38)27-43(54-41)45-24-31(29-65-3)28-60(45)52(63)47(32-10-6-5-7-11-32)57-50(61)33-12-8-13-33/h5-7,10-11,15-22,25-26,30-31,33,44-47H,8-9,12-14,23-24,27-29H2,1-4H3,(H,55,56)(H,57,61)(H,58,64)/t31-,44-,45-,46-,47+/m0/s1. The van der Waals surface area contributed by atoms with Crippen LogP contribution in [0, 0.1) is 17.8 Å². The summed E-state index contributed by atoms with van der Waals surface area (Å²) in [5, 5.41) is 10.2. The Morgan fingerprint density at radius 1 is 0.803 bits per heavy atom. The Labute approximate surface area is 384 Å². The van der Waals surface area contributed by atoms with Gasteiger partial charge >= 0.3 is 6.09 Å². The number of H-pyrrole nitrogens is 1. The van der Waals surface area contributed by atoms with Crippen LogP contribution in [0.5, 0.6) is 0 Å². The second kappa shape index (κ2) is 18.0. The van der Waals surface area contributed by atoms with Crippen LogP contribution in [0.1, 0.15) is 81.4 Å². The van der Waals surface area contributed by atoms with Gasteiger partial charge in [0.05, 0.1) is 42.5 Å². The lowest BCUT2D eigenvalue weighted by Gasteiger charge is -2.32. The average Bonchev–Trinajstić information content (AvgIpc) is 4.14. The third-order valence-corrected chi connectivity index (χ3v) is 14.4. The van der Waals surface area contributed by atoms with E-state index in [1.54, 1.807) is 7.11 Å². The van der Waals surface area contributed by atoms with Crippen molar-refractivity contribution in [3.05, 3.63) is 108 Å². The largest absolute Gasteiger partial charge is 0.453 e. The molecule has 0 radical (unpaired) electrons. The van der Waals surface area contributed by atoms with Gasteiger partial charge in [-0.25, -0.2) is 9.78 Å². The number of aliphatic imine (C=N–C) groups is 1. The van der Waals surface area contributed by atoms with Gasteiger partial charge in [-0.3, -0.25) is 19.4 Å². The highest BCUT2D eigenvalue weighted by Crippen LogP contribution is 2.41. The zero-order valence-electron chi connectivity index (χ0n) is 38.0. The van der Waals surface area contributed by atoms with E-state index in [2.05, 4.69) is 76.3 Å². The number of nitrogens with one attached hydrogen (secondary N) is 3. The Bertz CT molecular complexity index is 2890. The summed E-state index contributed by atoms with van der Waals surface area (Å²) in [6, 6.07) is 29.2. The lowest BCUT2D eigenvalue weighted by molar-refractivity contribution is -0.138. The number of carbonyl (C=O) groups is 4. The molecule has 13 heteroatoms. The molecule has 0 bridgehead atoms. The molecule has 4 aliphatic rings. The van der Waals surface area contributed by atoms with Crippen LogP contribution < -0.4 is 10.6 Å². The normalized spacial score (nSPS) is 20.4. The molecule has 3 fully saturated rings. The smallest absolute Gasteiger partial charge is 0.407 e. The molecular formula is C53H57N7O6. The van der Waals surface area contributed by atoms with E-state index >= 15 is 0 Å². The maximum absolute atomic E-state index is 14.7. The highest BCUT2D eigenvalue weighted by molar-refractivity contribution is 6.08. The van der Waals surface area contributed by atoms with E-state index in [0.29, 0.717) is 26.1 Å². The number of ether oxygens (including phenoxy) is 2. The van der Waals surface area contributed by atoms with Crippen LogP contribution in [0.25, 0.3) is 43.7 Å². The van der Waals surface area contributed by atoms with Crippen LogP contribution in [-0.2, 0) is 30.3 Å². The number of fused-ring (bicyclic) bond motifs is 6. The molecule has 1 aromatic heterocycles. The Morgan fingerprint density at radius 3 is 2.26 bits per heavy atom. The van der Waals surface area contributed by atoms with Gasteiger partial charge in [0.2, 0.25) is 17.7 Å². The van der Waals surface area contributed by atoms with Crippen molar-refractivity contribution >= 4 is 67.8 Å². The molecule has 340 valence electrons. The quantitative estimate of drug-likeness (QED) is 0.111. The molecule has 0 spiro atoms. The molecule has 1 saturated carbocycles. The molecule has 3 N–H and O–H groups in total. The van der Waals surface area contributed by atoms with E-state index in [-0.39, 0.29) is 47.6 Å². The van der Waals surface area contributed by atoms with Crippen LogP contribution in [0.15, 0.2) is 96.0 Å². The number of amides is 4. The van der Waals surface area contributed by atoms with Crippen molar-refractivity contribution < 1.29 is 28.7 Å². The molecule has 66 heavy (non-hydrogen) atoms. The maximum atomic E-state index is 14.7. The lowest BCUT2D eigenvalue weighted by Crippen LogP contribution is -2.51. The van der Waals surface area contributed by atoms with Gasteiger partial charge in [0.25, 0.3) is 0 Å². The minimum absolute atomic E-state index is 0.0385. The number of benzene rings is 5. The number of rotatable bonds is 12. The SMILES string of the molecule is COC[C@H]1C[C@@H](C2=Nc3ccc4cc(-c5ccc6c(ccc7[nH]c([C@@H]8CCCN8C(=O)[C@@H](NC(=O)OC)C(C)C)nc76)c5)ccc4c3C2)N(C(=O)[C@H](NC(=O)C2CCC2)c2ccccc2)C1. The molecule has 0 unspecified atom stereocenters. The fourth-order valence-corrected chi connectivity index (χ4v) is 10.6. The van der Waals surface area contributed by atoms with Gasteiger partial charge < -0.3 is 34.9 Å². The van der Waals surface area contributed by atoms with Crippen molar-refractivity contribution in [3.63, 3.8) is 0 Å². The van der Waals surface area contributed by atoms with Crippen LogP contribution in [0.4, 0.5) is 10.5 Å². The molecule has 3 aliphatic heterocycles. The third kappa shape index (κ3) is 8.07. The van der Waals surface area contributed by atoms with Crippen LogP contribution in [0.2, 0.25) is 0 Å². The van der Waals surface area contributed by atoms with Gasteiger partial charge in [-0.1, -0.05) is 87.0 Å². The molecule has 6 aromatic rings. The Kier molecular flexibility index (Phi) is 11.8. The number of carbonyl (C=O) groups excluding carboxylic acids is 4. The molecule has 10 rings (SSSR count). The van der Waals surface area contributed by atoms with E-state index in [4.69, 9.17) is 19.5 Å². The minimum Gasteiger partial charge on any atom is -0.453 e. The topological polar surface area (TPSA) is 158 Å². The second-order valence-electron chi connectivity index (χ2n) is 18.9. The Morgan fingerprint density at radius 2 is 1.55 bits per heavy atom. The van der Waals surface area contributed by atoms with Crippen LogP contribution in [0.3, 0.4) is 0 Å². The van der Waals surface area contributed by atoms with Crippen molar-refractivity contribution in [2.45, 2.75) is 83.0 Å². The summed E-state index contributed by atoms with van der Waals surface area (Å²) in [6.07, 6.45) is 5.14. The fourth-order valence-electron chi connectivity index (χ4n) is 10.6. The van der Waals surface area contributed by atoms with E-state index in [9.17, 15) is 19.2 Å². The van der Waals surface area contributed by atoms with Crippen LogP contribution >= 0.6 is 0 Å². The van der Waals surface area contributed by atoms with E-state index in [1.807, 2.05) is 54.0 Å². The first kappa shape index (κ1) is 43.3. The molecule has 1 aliphatic carbocycles. The van der Waals surface area contributed by atoms with Gasteiger partial charge in [-0.05, 0) is 101 Å². The van der Waals surface area contributed by atoms with Gasteiger partial charge in [-0.15, -0.1) is 0 Å². The number of methoxy groups -OCH3 is 2. The summed E-state index contributed by atoms with van der Waals surface area (Å²) < 4.78 is 10.4. The molecule has 4 heterocycles. The Hall–Kier alpha value is -6.60. The highest BCUT2D eigenvalue weighted by Gasteiger charge is 2.43. The van der Waals surface area contributed by atoms with Gasteiger partial charge in [0.15, 0.2) is 0 Å². The molecule has 13 nitrogen and oxygen atoms in total. The summed E-state index contributed by atoms with van der Waals surface area (Å²) in [7, 11) is 3.00. The first-order chi connectivity index (χ1) is 32.1. The number of hydrogen-bond donors (Lipinski definition) is 3. The first-order valence-electron chi connectivity index (χ1n) is 23.4. The number of hydrogen-bond acceptors (Lipinski definition) is 8. The van der Waals surface area contributed by atoms with Gasteiger partial charge in [-0.2, -0.15) is 0 Å². The van der Waals surface area contributed by atoms with Crippen molar-refractivity contribution in [2.24, 2.45) is 22.7 Å². The third-order valence-electron chi connectivity index (χ3n) is 14.4. The van der Waals surface area contributed by atoms with Crippen molar-refractivity contribution in [2.75, 3.05) is 33.9 Å². The summed E-state index contributed by atoms with van der Waals surface area (Å²) in [5.41, 5.74) is 7.79. The number of aromatic amines is 1. The number of imidazole rings is 1. The molecule has 5 aromatic carbocycles. The second-order valence-corrected chi connectivity index (χ2v) is 18.9. The zero-order valence-corrected chi connectivity index (χ0v) is 38.0. The highest BCUT2D eigenvalue weighted by atomic mass is 16.5. The lowest BCUT2D eigenvalue weighted by atomic mass is 9.84. The number of nitrogens with zero attached hydrogens (tertiary/aromatic N) is 4.